The van der Waals surface area contributed by atoms with Crippen LogP contribution in [-0.4, -0.2) is 11.2 Å². The molecule has 1 aromatic heterocycles. The lowest BCUT2D eigenvalue weighted by Gasteiger charge is -2.07. The lowest BCUT2D eigenvalue weighted by molar-refractivity contribution is 0.627. The van der Waals surface area contributed by atoms with Crippen LogP contribution in [0.15, 0.2) is 52.9 Å². The van der Waals surface area contributed by atoms with E-state index in [2.05, 4.69) is 15.5 Å². The molecule has 0 radical (unpaired) electrons. The zero-order valence-electron chi connectivity index (χ0n) is 12.5. The molecule has 0 fully saturated rings. The number of anilines is 2. The van der Waals surface area contributed by atoms with Crippen molar-refractivity contribution < 1.29 is 4.39 Å². The number of nitrogen functional groups attached to an aromatic ring is 1. The zero-order chi connectivity index (χ0) is 16.2. The van der Waals surface area contributed by atoms with Gasteiger partial charge in [-0.1, -0.05) is 24.3 Å². The first-order valence-electron chi connectivity index (χ1n) is 6.98. The summed E-state index contributed by atoms with van der Waals surface area (Å²) in [7, 11) is 0. The van der Waals surface area contributed by atoms with E-state index in [9.17, 15) is 4.39 Å². The van der Waals surface area contributed by atoms with Crippen LogP contribution in [0, 0.1) is 12.7 Å². The SMILES string of the molecule is Cc1cc(F)ccc1-c1cccc(C=NNc2nc(N)cs2)c1. The first kappa shape index (κ1) is 15.2. The summed E-state index contributed by atoms with van der Waals surface area (Å²) in [4.78, 5) is 4.06. The van der Waals surface area contributed by atoms with E-state index in [-0.39, 0.29) is 5.82 Å². The maximum absolute atomic E-state index is 13.2. The van der Waals surface area contributed by atoms with E-state index >= 15 is 0 Å². The van der Waals surface area contributed by atoms with Gasteiger partial charge in [0.15, 0.2) is 0 Å². The van der Waals surface area contributed by atoms with Crippen LogP contribution in [0.25, 0.3) is 11.1 Å². The van der Waals surface area contributed by atoms with Crippen LogP contribution >= 0.6 is 11.3 Å². The third-order valence-electron chi connectivity index (χ3n) is 3.28. The fraction of sp³-hybridized carbons (Fsp3) is 0.0588. The van der Waals surface area contributed by atoms with Crippen LogP contribution < -0.4 is 11.2 Å². The number of aryl methyl sites for hydroxylation is 1. The maximum atomic E-state index is 13.2. The van der Waals surface area contributed by atoms with Crippen molar-refractivity contribution in [3.8, 4) is 11.1 Å². The van der Waals surface area contributed by atoms with Crippen molar-refractivity contribution >= 4 is 28.5 Å². The molecule has 23 heavy (non-hydrogen) atoms. The molecule has 1 heterocycles. The molecule has 0 unspecified atom stereocenters. The smallest absolute Gasteiger partial charge is 0.205 e. The number of nitrogens with two attached hydrogens (primary N) is 1. The van der Waals surface area contributed by atoms with Crippen molar-refractivity contribution in [1.82, 2.24) is 4.98 Å². The number of nitrogens with one attached hydrogen (secondary N) is 1. The normalized spacial score (nSPS) is 11.0. The minimum atomic E-state index is -0.226. The molecule has 0 saturated heterocycles. The largest absolute Gasteiger partial charge is 0.383 e. The molecule has 0 bridgehead atoms. The summed E-state index contributed by atoms with van der Waals surface area (Å²) < 4.78 is 13.2. The first-order valence-corrected chi connectivity index (χ1v) is 7.86. The van der Waals surface area contributed by atoms with Crippen molar-refractivity contribution in [2.45, 2.75) is 6.92 Å². The molecule has 0 saturated carbocycles. The first-order chi connectivity index (χ1) is 11.1. The molecule has 3 aromatic rings. The molecule has 0 atom stereocenters. The van der Waals surface area contributed by atoms with E-state index in [1.54, 1.807) is 17.7 Å². The van der Waals surface area contributed by atoms with Gasteiger partial charge in [0.05, 0.1) is 6.21 Å². The second-order valence-corrected chi connectivity index (χ2v) is 5.89. The number of benzene rings is 2. The Labute approximate surface area is 137 Å². The van der Waals surface area contributed by atoms with E-state index < -0.39 is 0 Å². The van der Waals surface area contributed by atoms with Crippen LogP contribution in [0.1, 0.15) is 11.1 Å². The number of halogens is 1. The Hall–Kier alpha value is -2.73. The van der Waals surface area contributed by atoms with Gasteiger partial charge in [-0.3, -0.25) is 5.43 Å². The van der Waals surface area contributed by atoms with Gasteiger partial charge in [-0.25, -0.2) is 9.37 Å². The van der Waals surface area contributed by atoms with Crippen LogP contribution in [0.4, 0.5) is 15.3 Å². The minimum absolute atomic E-state index is 0.226. The molecule has 0 amide bonds. The maximum Gasteiger partial charge on any atom is 0.205 e. The van der Waals surface area contributed by atoms with Gasteiger partial charge in [0.2, 0.25) is 5.13 Å². The number of thiazole rings is 1. The van der Waals surface area contributed by atoms with Gasteiger partial charge in [0.1, 0.15) is 11.6 Å². The molecular weight excluding hydrogens is 311 g/mol. The number of hydrogen-bond acceptors (Lipinski definition) is 5. The van der Waals surface area contributed by atoms with E-state index in [1.165, 1.54) is 23.5 Å². The lowest BCUT2D eigenvalue weighted by Crippen LogP contribution is -1.92. The van der Waals surface area contributed by atoms with Gasteiger partial charge >= 0.3 is 0 Å². The second-order valence-electron chi connectivity index (χ2n) is 5.03. The molecule has 6 heteroatoms. The summed E-state index contributed by atoms with van der Waals surface area (Å²) in [6.07, 6.45) is 1.71. The fourth-order valence-corrected chi connectivity index (χ4v) is 2.79. The number of rotatable bonds is 4. The average Bonchev–Trinajstić information content (AvgIpc) is 2.93. The zero-order valence-corrected chi connectivity index (χ0v) is 13.3. The van der Waals surface area contributed by atoms with E-state index in [0.29, 0.717) is 10.9 Å². The summed E-state index contributed by atoms with van der Waals surface area (Å²) in [6, 6.07) is 12.7. The molecule has 0 aliphatic rings. The fourth-order valence-electron chi connectivity index (χ4n) is 2.24. The number of hydrogen-bond donors (Lipinski definition) is 2. The highest BCUT2D eigenvalue weighted by Crippen LogP contribution is 2.24. The van der Waals surface area contributed by atoms with Crippen molar-refractivity contribution in [2.24, 2.45) is 5.10 Å². The Kier molecular flexibility index (Phi) is 4.34. The quantitative estimate of drug-likeness (QED) is 0.555. The molecule has 4 nitrogen and oxygen atoms in total. The van der Waals surface area contributed by atoms with Crippen LogP contribution in [0.3, 0.4) is 0 Å². The predicted octanol–water partition coefficient (Wildman–Crippen LogP) is 4.29. The van der Waals surface area contributed by atoms with Gasteiger partial charge in [0, 0.05) is 5.38 Å². The van der Waals surface area contributed by atoms with Crippen molar-refractivity contribution in [3.05, 3.63) is 64.8 Å². The second kappa shape index (κ2) is 6.58. The Balaban J connectivity index is 1.79. The van der Waals surface area contributed by atoms with Crippen LogP contribution in [-0.2, 0) is 0 Å². The summed E-state index contributed by atoms with van der Waals surface area (Å²) in [5.41, 5.74) is 12.2. The average molecular weight is 326 g/mol. The molecule has 116 valence electrons. The number of aromatic nitrogens is 1. The van der Waals surface area contributed by atoms with Crippen LogP contribution in [0.2, 0.25) is 0 Å². The Bertz CT molecular complexity index is 857. The van der Waals surface area contributed by atoms with E-state index in [0.717, 1.165) is 22.3 Å². The van der Waals surface area contributed by atoms with Crippen molar-refractivity contribution in [1.29, 1.82) is 0 Å². The highest BCUT2D eigenvalue weighted by atomic mass is 32.1. The number of nitrogens with zero attached hydrogens (tertiary/aromatic N) is 2. The van der Waals surface area contributed by atoms with Crippen molar-refractivity contribution in [2.75, 3.05) is 11.2 Å². The van der Waals surface area contributed by atoms with Crippen molar-refractivity contribution in [3.63, 3.8) is 0 Å². The molecule has 0 aliphatic carbocycles. The van der Waals surface area contributed by atoms with Gasteiger partial charge < -0.3 is 5.73 Å². The summed E-state index contributed by atoms with van der Waals surface area (Å²) in [6.45, 7) is 1.90. The third-order valence-corrected chi connectivity index (χ3v) is 4.05. The van der Waals surface area contributed by atoms with E-state index in [1.807, 2.05) is 31.2 Å². The van der Waals surface area contributed by atoms with E-state index in [4.69, 9.17) is 5.73 Å². The lowest BCUT2D eigenvalue weighted by atomic mass is 9.99. The molecular formula is C17H15FN4S. The van der Waals surface area contributed by atoms with Crippen LogP contribution in [0.5, 0.6) is 0 Å². The minimum Gasteiger partial charge on any atom is -0.383 e. The predicted molar refractivity (Wildman–Crippen MR) is 94.3 cm³/mol. The Morgan fingerprint density at radius 1 is 1.26 bits per heavy atom. The Morgan fingerprint density at radius 3 is 2.87 bits per heavy atom. The van der Waals surface area contributed by atoms with Gasteiger partial charge in [-0.2, -0.15) is 5.10 Å². The molecule has 3 N–H and O–H groups in total. The van der Waals surface area contributed by atoms with Gasteiger partial charge in [0.25, 0.3) is 0 Å². The summed E-state index contributed by atoms with van der Waals surface area (Å²) in [5, 5.41) is 6.54. The van der Waals surface area contributed by atoms with Gasteiger partial charge in [-0.15, -0.1) is 11.3 Å². The third kappa shape index (κ3) is 3.73. The number of hydrazone groups is 1. The molecule has 2 aromatic carbocycles. The molecule has 0 spiro atoms. The molecule has 3 rings (SSSR count). The highest BCUT2D eigenvalue weighted by molar-refractivity contribution is 7.14. The summed E-state index contributed by atoms with van der Waals surface area (Å²) >= 11 is 1.39. The standard InChI is InChI=1S/C17H15FN4S/c1-11-7-14(18)5-6-15(11)13-4-2-3-12(8-13)9-20-22-17-21-16(19)10-23-17/h2-10H,19H2,1H3,(H,21,22). The highest BCUT2D eigenvalue weighted by Gasteiger charge is 2.03. The summed E-state index contributed by atoms with van der Waals surface area (Å²) in [5.74, 6) is 0.248. The molecule has 0 aliphatic heterocycles. The topological polar surface area (TPSA) is 63.3 Å². The van der Waals surface area contributed by atoms with Gasteiger partial charge in [-0.05, 0) is 47.4 Å². The monoisotopic (exact) mass is 326 g/mol. The Morgan fingerprint density at radius 2 is 2.13 bits per heavy atom.